The maximum absolute atomic E-state index is 10.7. The van der Waals surface area contributed by atoms with Gasteiger partial charge in [-0.2, -0.15) is 0 Å². The van der Waals surface area contributed by atoms with E-state index in [0.29, 0.717) is 18.6 Å². The molecule has 0 amide bonds. The van der Waals surface area contributed by atoms with Crippen LogP contribution in [0.1, 0.15) is 51.2 Å². The normalized spacial score (nSPS) is 37.5. The van der Waals surface area contributed by atoms with Crippen LogP contribution in [0.5, 0.6) is 11.5 Å². The standard InChI is InChI=1S/C19H25NO3.C2H6/c1-3-22-15-7-4-11-10-13-12-5-6-14(21)18-19(12,8-9-20(13)2)16(11)17(15)23-18;1-2/h4,7,12-14,18,21H,3,5-6,8-10H2,1-2H3;1-2H3. The number of aliphatic hydroxyl groups is 1. The number of ether oxygens (including phenoxy) is 2. The molecule has 5 rings (SSSR count). The molecule has 1 aromatic rings. The number of aliphatic hydroxyl groups excluding tert-OH is 1. The van der Waals surface area contributed by atoms with Crippen molar-refractivity contribution >= 4 is 0 Å². The van der Waals surface area contributed by atoms with Crippen molar-refractivity contribution in [3.63, 3.8) is 0 Å². The molecule has 4 heteroatoms. The first-order valence-corrected chi connectivity index (χ1v) is 10.0. The molecule has 138 valence electrons. The van der Waals surface area contributed by atoms with E-state index in [1.807, 2.05) is 20.8 Å². The fourth-order valence-electron chi connectivity index (χ4n) is 5.97. The van der Waals surface area contributed by atoms with Gasteiger partial charge in [0.15, 0.2) is 11.5 Å². The van der Waals surface area contributed by atoms with Gasteiger partial charge >= 0.3 is 0 Å². The Labute approximate surface area is 151 Å². The van der Waals surface area contributed by atoms with Gasteiger partial charge in [-0.25, -0.2) is 0 Å². The molecule has 1 N–H and O–H groups in total. The van der Waals surface area contributed by atoms with Crippen LogP contribution in [0.4, 0.5) is 0 Å². The van der Waals surface area contributed by atoms with Crippen molar-refractivity contribution in [3.05, 3.63) is 23.3 Å². The van der Waals surface area contributed by atoms with Gasteiger partial charge in [-0.05, 0) is 63.7 Å². The molecule has 1 saturated carbocycles. The zero-order chi connectivity index (χ0) is 17.8. The molecule has 1 saturated heterocycles. The Bertz CT molecular complexity index is 661. The minimum atomic E-state index is -0.358. The predicted molar refractivity (Wildman–Crippen MR) is 98.5 cm³/mol. The number of hydrogen-bond acceptors (Lipinski definition) is 4. The van der Waals surface area contributed by atoms with Crippen LogP contribution in [0.25, 0.3) is 0 Å². The number of hydrogen-bond donors (Lipinski definition) is 1. The zero-order valence-corrected chi connectivity index (χ0v) is 15.9. The first-order valence-electron chi connectivity index (χ1n) is 10.0. The number of rotatable bonds is 2. The highest BCUT2D eigenvalue weighted by molar-refractivity contribution is 5.61. The predicted octanol–water partition coefficient (Wildman–Crippen LogP) is 3.14. The van der Waals surface area contributed by atoms with Crippen LogP contribution in [-0.2, 0) is 11.8 Å². The van der Waals surface area contributed by atoms with Crippen LogP contribution in [-0.4, -0.2) is 48.5 Å². The van der Waals surface area contributed by atoms with Gasteiger partial charge < -0.3 is 19.5 Å². The summed E-state index contributed by atoms with van der Waals surface area (Å²) in [5, 5.41) is 10.7. The van der Waals surface area contributed by atoms with Gasteiger partial charge in [-0.1, -0.05) is 19.9 Å². The van der Waals surface area contributed by atoms with Crippen molar-refractivity contribution in [1.82, 2.24) is 4.90 Å². The third kappa shape index (κ3) is 2.13. The average Bonchev–Trinajstić information content (AvgIpc) is 2.99. The van der Waals surface area contributed by atoms with Gasteiger partial charge in [0.05, 0.1) is 12.7 Å². The van der Waals surface area contributed by atoms with E-state index in [2.05, 4.69) is 24.1 Å². The fraction of sp³-hybridized carbons (Fsp3) is 0.714. The van der Waals surface area contributed by atoms with Crippen molar-refractivity contribution < 1.29 is 14.6 Å². The van der Waals surface area contributed by atoms with Gasteiger partial charge in [0.25, 0.3) is 0 Å². The zero-order valence-electron chi connectivity index (χ0n) is 15.9. The van der Waals surface area contributed by atoms with Crippen LogP contribution in [0, 0.1) is 5.92 Å². The average molecular weight is 345 g/mol. The summed E-state index contributed by atoms with van der Waals surface area (Å²) in [6, 6.07) is 4.88. The molecule has 5 atom stereocenters. The van der Waals surface area contributed by atoms with Crippen molar-refractivity contribution in [2.45, 2.75) is 70.1 Å². The lowest BCUT2D eigenvalue weighted by molar-refractivity contribution is -0.0993. The molecule has 5 unspecified atom stereocenters. The molecular weight excluding hydrogens is 314 g/mol. The summed E-state index contributed by atoms with van der Waals surface area (Å²) in [5.41, 5.74) is 2.79. The maximum atomic E-state index is 10.7. The van der Waals surface area contributed by atoms with E-state index in [9.17, 15) is 5.11 Å². The quantitative estimate of drug-likeness (QED) is 0.894. The van der Waals surface area contributed by atoms with Gasteiger partial charge in [0, 0.05) is 17.0 Å². The lowest BCUT2D eigenvalue weighted by Crippen LogP contribution is -2.66. The highest BCUT2D eigenvalue weighted by Crippen LogP contribution is 2.63. The third-order valence-corrected chi connectivity index (χ3v) is 6.85. The number of likely N-dealkylation sites (N-methyl/N-ethyl adjacent to an activating group) is 1. The number of benzene rings is 1. The van der Waals surface area contributed by atoms with Crippen LogP contribution in [0.2, 0.25) is 0 Å². The highest BCUT2D eigenvalue weighted by atomic mass is 16.5. The van der Waals surface area contributed by atoms with E-state index in [-0.39, 0.29) is 17.6 Å². The fourth-order valence-corrected chi connectivity index (χ4v) is 5.97. The van der Waals surface area contributed by atoms with E-state index in [1.54, 1.807) is 0 Å². The Morgan fingerprint density at radius 2 is 2.12 bits per heavy atom. The summed E-state index contributed by atoms with van der Waals surface area (Å²) in [5.74, 6) is 2.39. The first-order chi connectivity index (χ1) is 12.2. The van der Waals surface area contributed by atoms with E-state index < -0.39 is 0 Å². The van der Waals surface area contributed by atoms with Crippen molar-refractivity contribution in [2.24, 2.45) is 5.92 Å². The summed E-state index contributed by atoms with van der Waals surface area (Å²) in [6.45, 7) is 7.74. The molecule has 1 aromatic carbocycles. The lowest BCUT2D eigenvalue weighted by atomic mass is 9.51. The molecule has 0 radical (unpaired) electrons. The van der Waals surface area contributed by atoms with E-state index in [4.69, 9.17) is 9.47 Å². The molecular formula is C21H31NO3. The Balaban J connectivity index is 0.000000758. The lowest BCUT2D eigenvalue weighted by Gasteiger charge is -2.58. The van der Waals surface area contributed by atoms with Crippen molar-refractivity contribution in [1.29, 1.82) is 0 Å². The van der Waals surface area contributed by atoms with Gasteiger partial charge in [-0.15, -0.1) is 0 Å². The second kappa shape index (κ2) is 6.17. The van der Waals surface area contributed by atoms with Crippen LogP contribution < -0.4 is 9.47 Å². The SMILES string of the molecule is CC.CCOc1ccc2c3c1OC1C(O)CCC4C(C2)N(C)CCC341. The molecule has 2 bridgehead atoms. The van der Waals surface area contributed by atoms with Gasteiger partial charge in [0.2, 0.25) is 0 Å². The molecule has 4 nitrogen and oxygen atoms in total. The van der Waals surface area contributed by atoms with E-state index >= 15 is 0 Å². The Kier molecular flexibility index (Phi) is 4.24. The van der Waals surface area contributed by atoms with E-state index in [0.717, 1.165) is 43.7 Å². The molecule has 2 heterocycles. The van der Waals surface area contributed by atoms with Gasteiger partial charge in [0.1, 0.15) is 6.10 Å². The van der Waals surface area contributed by atoms with Crippen LogP contribution in [0.15, 0.2) is 12.1 Å². The van der Waals surface area contributed by atoms with Gasteiger partial charge in [-0.3, -0.25) is 0 Å². The second-order valence-corrected chi connectivity index (χ2v) is 7.69. The Hall–Kier alpha value is -1.26. The number of likely N-dealkylation sites (tertiary alicyclic amines) is 1. The Morgan fingerprint density at radius 1 is 1.32 bits per heavy atom. The summed E-state index contributed by atoms with van der Waals surface area (Å²) in [4.78, 5) is 2.53. The van der Waals surface area contributed by atoms with Crippen molar-refractivity contribution in [3.8, 4) is 11.5 Å². The molecule has 4 aliphatic rings. The summed E-state index contributed by atoms with van der Waals surface area (Å²) in [7, 11) is 2.26. The number of piperidine rings is 1. The van der Waals surface area contributed by atoms with Crippen LogP contribution in [0.3, 0.4) is 0 Å². The largest absolute Gasteiger partial charge is 0.490 e. The maximum Gasteiger partial charge on any atom is 0.165 e. The summed E-state index contributed by atoms with van der Waals surface area (Å²) in [6.07, 6.45) is 3.70. The molecule has 1 spiro atoms. The molecule has 2 aliphatic heterocycles. The monoisotopic (exact) mass is 345 g/mol. The smallest absolute Gasteiger partial charge is 0.165 e. The van der Waals surface area contributed by atoms with E-state index in [1.165, 1.54) is 11.1 Å². The molecule has 0 aromatic heterocycles. The van der Waals surface area contributed by atoms with Crippen LogP contribution >= 0.6 is 0 Å². The van der Waals surface area contributed by atoms with Crippen molar-refractivity contribution in [2.75, 3.05) is 20.2 Å². The third-order valence-electron chi connectivity index (χ3n) is 6.85. The minimum absolute atomic E-state index is 0.00483. The second-order valence-electron chi connectivity index (χ2n) is 7.69. The summed E-state index contributed by atoms with van der Waals surface area (Å²) >= 11 is 0. The minimum Gasteiger partial charge on any atom is -0.490 e. The number of nitrogens with zero attached hydrogens (tertiary/aromatic N) is 1. The first kappa shape index (κ1) is 17.2. The Morgan fingerprint density at radius 3 is 2.88 bits per heavy atom. The summed E-state index contributed by atoms with van der Waals surface area (Å²) < 4.78 is 12.3. The molecule has 25 heavy (non-hydrogen) atoms. The highest BCUT2D eigenvalue weighted by Gasteiger charge is 2.65. The topological polar surface area (TPSA) is 41.9 Å². The molecule has 2 aliphatic carbocycles. The molecule has 2 fully saturated rings.